The summed E-state index contributed by atoms with van der Waals surface area (Å²) in [6.07, 6.45) is 0.921. The molecule has 0 saturated carbocycles. The van der Waals surface area contributed by atoms with Crippen molar-refractivity contribution < 1.29 is 9.53 Å². The standard InChI is InChI=1S/C17H20N2O2/c18-17(20)15-7-9-16(10-8-15)21-12-4-11-19-13-14-5-2-1-3-6-14/h1-3,5-10,19H,4,11-13H2,(H2,18,20). The van der Waals surface area contributed by atoms with Gasteiger partial charge >= 0.3 is 0 Å². The Labute approximate surface area is 124 Å². The molecule has 0 radical (unpaired) electrons. The maximum Gasteiger partial charge on any atom is 0.248 e. The van der Waals surface area contributed by atoms with Crippen LogP contribution in [0.2, 0.25) is 0 Å². The fourth-order valence-electron chi connectivity index (χ4n) is 1.93. The van der Waals surface area contributed by atoms with Crippen LogP contribution in [0.5, 0.6) is 5.75 Å². The average Bonchev–Trinajstić information content (AvgIpc) is 2.52. The van der Waals surface area contributed by atoms with E-state index >= 15 is 0 Å². The molecule has 2 rings (SSSR count). The molecule has 0 aliphatic carbocycles. The minimum atomic E-state index is -0.424. The first kappa shape index (κ1) is 15.1. The maximum atomic E-state index is 10.9. The van der Waals surface area contributed by atoms with Gasteiger partial charge in [-0.3, -0.25) is 4.79 Å². The molecule has 0 heterocycles. The number of carbonyl (C=O) groups excluding carboxylic acids is 1. The Bertz CT molecular complexity index is 553. The maximum absolute atomic E-state index is 10.9. The predicted octanol–water partition coefficient (Wildman–Crippen LogP) is 2.34. The van der Waals surface area contributed by atoms with Gasteiger partial charge < -0.3 is 15.8 Å². The van der Waals surface area contributed by atoms with E-state index in [9.17, 15) is 4.79 Å². The second-order valence-electron chi connectivity index (χ2n) is 4.75. The third kappa shape index (κ3) is 5.28. The molecule has 0 unspecified atom stereocenters. The van der Waals surface area contributed by atoms with Gasteiger partial charge in [-0.25, -0.2) is 0 Å². The number of ether oxygens (including phenoxy) is 1. The molecule has 0 aliphatic rings. The number of nitrogens with one attached hydrogen (secondary N) is 1. The van der Waals surface area contributed by atoms with Crippen LogP contribution in [-0.4, -0.2) is 19.1 Å². The number of carbonyl (C=O) groups is 1. The zero-order valence-corrected chi connectivity index (χ0v) is 11.9. The highest BCUT2D eigenvalue weighted by molar-refractivity contribution is 5.92. The Morgan fingerprint density at radius 2 is 1.76 bits per heavy atom. The lowest BCUT2D eigenvalue weighted by Crippen LogP contribution is -2.17. The summed E-state index contributed by atoms with van der Waals surface area (Å²) in [5.74, 6) is 0.328. The normalized spacial score (nSPS) is 10.3. The van der Waals surface area contributed by atoms with Crippen LogP contribution in [0.3, 0.4) is 0 Å². The summed E-state index contributed by atoms with van der Waals surface area (Å²) in [6, 6.07) is 17.2. The molecule has 0 aromatic heterocycles. The van der Waals surface area contributed by atoms with Crippen LogP contribution in [-0.2, 0) is 6.54 Å². The van der Waals surface area contributed by atoms with Crippen molar-refractivity contribution in [1.82, 2.24) is 5.32 Å². The van der Waals surface area contributed by atoms with Crippen LogP contribution in [0.4, 0.5) is 0 Å². The first-order valence-corrected chi connectivity index (χ1v) is 7.03. The predicted molar refractivity (Wildman–Crippen MR) is 83.2 cm³/mol. The smallest absolute Gasteiger partial charge is 0.248 e. The van der Waals surface area contributed by atoms with Gasteiger partial charge in [-0.1, -0.05) is 30.3 Å². The monoisotopic (exact) mass is 284 g/mol. The van der Waals surface area contributed by atoms with Crippen molar-refractivity contribution in [2.75, 3.05) is 13.2 Å². The summed E-state index contributed by atoms with van der Waals surface area (Å²) in [6.45, 7) is 2.40. The lowest BCUT2D eigenvalue weighted by Gasteiger charge is -2.07. The van der Waals surface area contributed by atoms with E-state index in [2.05, 4.69) is 17.4 Å². The number of hydrogen-bond donors (Lipinski definition) is 2. The summed E-state index contributed by atoms with van der Waals surface area (Å²) in [7, 11) is 0. The molecule has 2 aromatic carbocycles. The molecule has 0 atom stereocenters. The van der Waals surface area contributed by atoms with Gasteiger partial charge in [0.05, 0.1) is 6.61 Å². The third-order valence-corrected chi connectivity index (χ3v) is 3.08. The van der Waals surface area contributed by atoms with E-state index in [-0.39, 0.29) is 0 Å². The Hall–Kier alpha value is -2.33. The van der Waals surface area contributed by atoms with E-state index in [0.29, 0.717) is 12.2 Å². The Kier molecular flexibility index (Phi) is 5.79. The minimum absolute atomic E-state index is 0.424. The first-order valence-electron chi connectivity index (χ1n) is 7.03. The van der Waals surface area contributed by atoms with Crippen molar-refractivity contribution in [3.8, 4) is 5.75 Å². The number of nitrogens with two attached hydrogens (primary N) is 1. The molecule has 0 bridgehead atoms. The fourth-order valence-corrected chi connectivity index (χ4v) is 1.93. The minimum Gasteiger partial charge on any atom is -0.494 e. The quantitative estimate of drug-likeness (QED) is 0.731. The van der Waals surface area contributed by atoms with E-state index in [1.54, 1.807) is 24.3 Å². The summed E-state index contributed by atoms with van der Waals surface area (Å²) in [5, 5.41) is 3.37. The summed E-state index contributed by atoms with van der Waals surface area (Å²) < 4.78 is 5.60. The molecule has 3 N–H and O–H groups in total. The average molecular weight is 284 g/mol. The van der Waals surface area contributed by atoms with Gasteiger partial charge in [0.25, 0.3) is 0 Å². The van der Waals surface area contributed by atoms with Crippen LogP contribution < -0.4 is 15.8 Å². The molecular weight excluding hydrogens is 264 g/mol. The van der Waals surface area contributed by atoms with Crippen LogP contribution in [0.15, 0.2) is 54.6 Å². The molecule has 0 fully saturated rings. The lowest BCUT2D eigenvalue weighted by atomic mass is 10.2. The van der Waals surface area contributed by atoms with Crippen LogP contribution in [0, 0.1) is 0 Å². The van der Waals surface area contributed by atoms with E-state index in [0.717, 1.165) is 25.3 Å². The second-order valence-corrected chi connectivity index (χ2v) is 4.75. The topological polar surface area (TPSA) is 64.4 Å². The molecule has 110 valence electrons. The lowest BCUT2D eigenvalue weighted by molar-refractivity contribution is 0.100. The zero-order valence-electron chi connectivity index (χ0n) is 11.9. The second kappa shape index (κ2) is 8.07. The summed E-state index contributed by atoms with van der Waals surface area (Å²) >= 11 is 0. The van der Waals surface area contributed by atoms with Crippen molar-refractivity contribution in [3.05, 3.63) is 65.7 Å². The highest BCUT2D eigenvalue weighted by atomic mass is 16.5. The van der Waals surface area contributed by atoms with Crippen LogP contribution in [0.1, 0.15) is 22.3 Å². The number of benzene rings is 2. The molecular formula is C17H20N2O2. The number of amides is 1. The fraction of sp³-hybridized carbons (Fsp3) is 0.235. The van der Waals surface area contributed by atoms with Crippen molar-refractivity contribution in [1.29, 1.82) is 0 Å². The summed E-state index contributed by atoms with van der Waals surface area (Å²) in [5.41, 5.74) is 6.95. The molecule has 0 aliphatic heterocycles. The molecule has 4 nitrogen and oxygen atoms in total. The first-order chi connectivity index (χ1) is 10.3. The third-order valence-electron chi connectivity index (χ3n) is 3.08. The largest absolute Gasteiger partial charge is 0.494 e. The zero-order chi connectivity index (χ0) is 14.9. The van der Waals surface area contributed by atoms with Crippen molar-refractivity contribution in [3.63, 3.8) is 0 Å². The highest BCUT2D eigenvalue weighted by Gasteiger charge is 2.00. The van der Waals surface area contributed by atoms with E-state index in [1.165, 1.54) is 5.56 Å². The van der Waals surface area contributed by atoms with Gasteiger partial charge in [0, 0.05) is 12.1 Å². The van der Waals surface area contributed by atoms with Gasteiger partial charge in [0.1, 0.15) is 5.75 Å². The number of rotatable bonds is 8. The Morgan fingerprint density at radius 3 is 2.43 bits per heavy atom. The number of primary amides is 1. The number of hydrogen-bond acceptors (Lipinski definition) is 3. The molecule has 2 aromatic rings. The Morgan fingerprint density at radius 1 is 1.05 bits per heavy atom. The molecule has 0 saturated heterocycles. The van der Waals surface area contributed by atoms with Crippen molar-refractivity contribution >= 4 is 5.91 Å². The van der Waals surface area contributed by atoms with Crippen LogP contribution >= 0.6 is 0 Å². The summed E-state index contributed by atoms with van der Waals surface area (Å²) in [4.78, 5) is 10.9. The molecule has 4 heteroatoms. The molecule has 1 amide bonds. The van der Waals surface area contributed by atoms with Gasteiger partial charge in [-0.15, -0.1) is 0 Å². The van der Waals surface area contributed by atoms with Crippen molar-refractivity contribution in [2.45, 2.75) is 13.0 Å². The van der Waals surface area contributed by atoms with Crippen molar-refractivity contribution in [2.24, 2.45) is 5.73 Å². The SMILES string of the molecule is NC(=O)c1ccc(OCCCNCc2ccccc2)cc1. The molecule has 21 heavy (non-hydrogen) atoms. The highest BCUT2D eigenvalue weighted by Crippen LogP contribution is 2.11. The molecule has 0 spiro atoms. The van der Waals surface area contributed by atoms with Gasteiger partial charge in [-0.05, 0) is 42.8 Å². The van der Waals surface area contributed by atoms with E-state index < -0.39 is 5.91 Å². The van der Waals surface area contributed by atoms with Gasteiger partial charge in [0.2, 0.25) is 5.91 Å². The van der Waals surface area contributed by atoms with E-state index in [4.69, 9.17) is 10.5 Å². The van der Waals surface area contributed by atoms with Gasteiger partial charge in [-0.2, -0.15) is 0 Å². The van der Waals surface area contributed by atoms with Gasteiger partial charge in [0.15, 0.2) is 0 Å². The van der Waals surface area contributed by atoms with E-state index in [1.807, 2.05) is 18.2 Å². The van der Waals surface area contributed by atoms with Crippen LogP contribution in [0.25, 0.3) is 0 Å². The Balaban J connectivity index is 1.60.